The maximum absolute atomic E-state index is 13.3. The second-order valence-electron chi connectivity index (χ2n) is 6.41. The minimum Gasteiger partial charge on any atom is -0.368 e. The monoisotopic (exact) mass is 310 g/mol. The van der Waals surface area contributed by atoms with Crippen LogP contribution in [0.2, 0.25) is 0 Å². The fourth-order valence-corrected chi connectivity index (χ4v) is 3.87. The van der Waals surface area contributed by atoms with Gasteiger partial charge in [0.15, 0.2) is 0 Å². The van der Waals surface area contributed by atoms with Crippen LogP contribution in [-0.2, 0) is 12.8 Å². The van der Waals surface area contributed by atoms with Crippen molar-refractivity contribution in [1.29, 1.82) is 5.26 Å². The van der Waals surface area contributed by atoms with Gasteiger partial charge >= 0.3 is 0 Å². The molecule has 2 aromatic rings. The highest BCUT2D eigenvalue weighted by molar-refractivity contribution is 5.60. The molecular formula is C18H19FN4. The maximum Gasteiger partial charge on any atom is 0.124 e. The summed E-state index contributed by atoms with van der Waals surface area (Å²) < 4.78 is 15.7. The molecule has 0 N–H and O–H groups in total. The van der Waals surface area contributed by atoms with Crippen molar-refractivity contribution in [3.05, 3.63) is 47.3 Å². The van der Waals surface area contributed by atoms with Crippen LogP contribution in [-0.4, -0.2) is 22.6 Å². The van der Waals surface area contributed by atoms with E-state index in [1.165, 1.54) is 36.4 Å². The van der Waals surface area contributed by atoms with Crippen molar-refractivity contribution in [2.45, 2.75) is 38.1 Å². The number of halogens is 1. The number of benzene rings is 1. The van der Waals surface area contributed by atoms with Gasteiger partial charge in [-0.05, 0) is 50.3 Å². The van der Waals surface area contributed by atoms with Gasteiger partial charge in [0.1, 0.15) is 11.9 Å². The number of imidazole rings is 1. The van der Waals surface area contributed by atoms with Crippen LogP contribution >= 0.6 is 0 Å². The fraction of sp³-hybridized carbons (Fsp3) is 0.444. The van der Waals surface area contributed by atoms with Gasteiger partial charge in [-0.1, -0.05) is 0 Å². The van der Waals surface area contributed by atoms with Crippen molar-refractivity contribution in [3.63, 3.8) is 0 Å². The molecule has 4 nitrogen and oxygen atoms in total. The molecule has 5 heteroatoms. The molecule has 0 bridgehead atoms. The molecule has 1 fully saturated rings. The average Bonchev–Trinajstić information content (AvgIpc) is 3.21. The summed E-state index contributed by atoms with van der Waals surface area (Å²) in [5, 5.41) is 9.25. The van der Waals surface area contributed by atoms with Gasteiger partial charge in [-0.3, -0.25) is 0 Å². The molecule has 1 aliphatic carbocycles. The molecule has 118 valence electrons. The Hall–Kier alpha value is -2.35. The van der Waals surface area contributed by atoms with Gasteiger partial charge in [0, 0.05) is 18.8 Å². The van der Waals surface area contributed by atoms with Crippen molar-refractivity contribution in [1.82, 2.24) is 9.55 Å². The number of nitriles is 1. The van der Waals surface area contributed by atoms with Gasteiger partial charge in [-0.25, -0.2) is 9.37 Å². The van der Waals surface area contributed by atoms with E-state index in [1.807, 2.05) is 6.33 Å². The number of nitrogens with zero attached hydrogens (tertiary/aromatic N) is 4. The summed E-state index contributed by atoms with van der Waals surface area (Å²) in [6.07, 6.45) is 7.71. The molecule has 2 heterocycles. The van der Waals surface area contributed by atoms with E-state index >= 15 is 0 Å². The Morgan fingerprint density at radius 2 is 2.13 bits per heavy atom. The number of hydrogen-bond acceptors (Lipinski definition) is 3. The molecule has 1 atom stereocenters. The Balaban J connectivity index is 1.58. The summed E-state index contributed by atoms with van der Waals surface area (Å²) in [5.74, 6) is -0.357. The molecule has 0 amide bonds. The third-order valence-corrected chi connectivity index (χ3v) is 5.04. The molecule has 0 saturated carbocycles. The number of anilines is 1. The van der Waals surface area contributed by atoms with E-state index in [1.54, 1.807) is 6.07 Å². The lowest BCUT2D eigenvalue weighted by molar-refractivity contribution is 0.515. The first-order valence-corrected chi connectivity index (χ1v) is 8.25. The molecule has 1 aliphatic heterocycles. The van der Waals surface area contributed by atoms with Crippen LogP contribution in [0.15, 0.2) is 24.5 Å². The summed E-state index contributed by atoms with van der Waals surface area (Å²) in [7, 11) is 0. The van der Waals surface area contributed by atoms with Crippen LogP contribution in [0, 0.1) is 17.1 Å². The number of fused-ring (bicyclic) bond motifs is 1. The third-order valence-electron chi connectivity index (χ3n) is 5.04. The normalized spacial score (nSPS) is 20.3. The van der Waals surface area contributed by atoms with Crippen LogP contribution in [0.1, 0.15) is 42.3 Å². The molecule has 0 unspecified atom stereocenters. The van der Waals surface area contributed by atoms with E-state index in [0.29, 0.717) is 11.6 Å². The highest BCUT2D eigenvalue weighted by Crippen LogP contribution is 2.32. The van der Waals surface area contributed by atoms with E-state index in [2.05, 4.69) is 20.5 Å². The van der Waals surface area contributed by atoms with Crippen molar-refractivity contribution in [2.75, 3.05) is 18.0 Å². The Morgan fingerprint density at radius 1 is 1.26 bits per heavy atom. The zero-order valence-corrected chi connectivity index (χ0v) is 13.0. The molecule has 1 saturated heterocycles. The molecule has 0 radical (unpaired) electrons. The van der Waals surface area contributed by atoms with Gasteiger partial charge in [-0.2, -0.15) is 5.26 Å². The minimum absolute atomic E-state index is 0.357. The van der Waals surface area contributed by atoms with E-state index in [0.717, 1.165) is 38.0 Å². The van der Waals surface area contributed by atoms with Gasteiger partial charge < -0.3 is 9.47 Å². The highest BCUT2D eigenvalue weighted by atomic mass is 19.1. The largest absolute Gasteiger partial charge is 0.368 e. The minimum atomic E-state index is -0.357. The van der Waals surface area contributed by atoms with E-state index in [9.17, 15) is 9.65 Å². The van der Waals surface area contributed by atoms with Crippen molar-refractivity contribution in [3.8, 4) is 6.07 Å². The SMILES string of the molecule is N#Cc1cc(F)ccc1N1CC[C@@H](n2cnc3c2CCCC3)C1. The standard InChI is InChI=1S/C18H19FN4/c19-14-5-6-17(13(9-14)10-20)22-8-7-15(11-22)23-12-21-16-3-1-2-4-18(16)23/h5-6,9,12,15H,1-4,7-8,11H2/t15-/m1/s1. The predicted molar refractivity (Wildman–Crippen MR) is 85.9 cm³/mol. The summed E-state index contributed by atoms with van der Waals surface area (Å²) >= 11 is 0. The molecule has 23 heavy (non-hydrogen) atoms. The summed E-state index contributed by atoms with van der Waals surface area (Å²) in [6.45, 7) is 1.74. The fourth-order valence-electron chi connectivity index (χ4n) is 3.87. The van der Waals surface area contributed by atoms with Gasteiger partial charge in [0.05, 0.1) is 29.3 Å². The molecule has 4 rings (SSSR count). The topological polar surface area (TPSA) is 44.9 Å². The number of rotatable bonds is 2. The second-order valence-corrected chi connectivity index (χ2v) is 6.41. The van der Waals surface area contributed by atoms with Crippen molar-refractivity contribution < 1.29 is 4.39 Å². The predicted octanol–water partition coefficient (Wildman–Crippen LogP) is 3.22. The Kier molecular flexibility index (Phi) is 3.53. The highest BCUT2D eigenvalue weighted by Gasteiger charge is 2.28. The molecule has 1 aromatic carbocycles. The molecular weight excluding hydrogens is 291 g/mol. The van der Waals surface area contributed by atoms with Crippen LogP contribution in [0.5, 0.6) is 0 Å². The number of hydrogen-bond donors (Lipinski definition) is 0. The summed E-state index contributed by atoms with van der Waals surface area (Å²) in [6, 6.07) is 6.98. The quantitative estimate of drug-likeness (QED) is 0.855. The van der Waals surface area contributed by atoms with Gasteiger partial charge in [0.2, 0.25) is 0 Å². The van der Waals surface area contributed by atoms with Gasteiger partial charge in [0.25, 0.3) is 0 Å². The molecule has 1 aromatic heterocycles. The van der Waals surface area contributed by atoms with Crippen LogP contribution in [0.4, 0.5) is 10.1 Å². The first kappa shape index (κ1) is 14.3. The van der Waals surface area contributed by atoms with Crippen molar-refractivity contribution >= 4 is 5.69 Å². The van der Waals surface area contributed by atoms with Crippen molar-refractivity contribution in [2.24, 2.45) is 0 Å². The Labute approximate surface area is 135 Å². The Bertz CT molecular complexity index is 774. The smallest absolute Gasteiger partial charge is 0.124 e. The zero-order chi connectivity index (χ0) is 15.8. The first-order chi connectivity index (χ1) is 11.3. The van der Waals surface area contributed by atoms with Crippen LogP contribution < -0.4 is 4.90 Å². The van der Waals surface area contributed by atoms with E-state index < -0.39 is 0 Å². The van der Waals surface area contributed by atoms with E-state index in [-0.39, 0.29) is 5.82 Å². The lowest BCUT2D eigenvalue weighted by Crippen LogP contribution is -2.22. The Morgan fingerprint density at radius 3 is 3.00 bits per heavy atom. The maximum atomic E-state index is 13.3. The number of aromatic nitrogens is 2. The third kappa shape index (κ3) is 2.48. The average molecular weight is 310 g/mol. The second kappa shape index (κ2) is 5.69. The van der Waals surface area contributed by atoms with Crippen LogP contribution in [0.25, 0.3) is 0 Å². The van der Waals surface area contributed by atoms with E-state index in [4.69, 9.17) is 0 Å². The first-order valence-electron chi connectivity index (χ1n) is 8.25. The molecule has 0 spiro atoms. The molecule has 2 aliphatic rings. The summed E-state index contributed by atoms with van der Waals surface area (Å²) in [5.41, 5.74) is 3.90. The van der Waals surface area contributed by atoms with Crippen LogP contribution in [0.3, 0.4) is 0 Å². The lowest BCUT2D eigenvalue weighted by Gasteiger charge is -2.22. The van der Waals surface area contributed by atoms with Gasteiger partial charge in [-0.15, -0.1) is 0 Å². The summed E-state index contributed by atoms with van der Waals surface area (Å²) in [4.78, 5) is 6.78. The number of aryl methyl sites for hydroxylation is 1. The lowest BCUT2D eigenvalue weighted by atomic mass is 10.0. The zero-order valence-electron chi connectivity index (χ0n) is 13.0.